The van der Waals surface area contributed by atoms with Gasteiger partial charge in [0, 0.05) is 19.3 Å². The lowest BCUT2D eigenvalue weighted by Crippen LogP contribution is -2.44. The molecule has 0 spiro atoms. The van der Waals surface area contributed by atoms with Crippen LogP contribution in [-0.2, 0) is 0 Å². The maximum atomic E-state index is 12.7. The highest BCUT2D eigenvalue weighted by Gasteiger charge is 2.09. The third kappa shape index (κ3) is 2.66. The maximum Gasteiger partial charge on any atom is 0.212 e. The maximum absolute atomic E-state index is 12.7. The van der Waals surface area contributed by atoms with Crippen LogP contribution in [-0.4, -0.2) is 19.6 Å². The number of nitrogens with two attached hydrogens (primary N) is 1. The molecule has 1 aromatic rings. The van der Waals surface area contributed by atoms with Crippen molar-refractivity contribution < 1.29 is 4.39 Å². The van der Waals surface area contributed by atoms with Crippen molar-refractivity contribution in [2.75, 3.05) is 18.5 Å². The molecule has 0 aliphatic heterocycles. The van der Waals surface area contributed by atoms with Crippen LogP contribution < -0.4 is 16.2 Å². The number of aliphatic imine (C=N–C) groups is 1. The molecule has 0 saturated carbocycles. The molecule has 3 N–H and O–H groups in total. The van der Waals surface area contributed by atoms with E-state index in [4.69, 9.17) is 5.84 Å². The Balaban J connectivity index is 2.97. The lowest BCUT2D eigenvalue weighted by atomic mass is 10.3. The van der Waals surface area contributed by atoms with Crippen LogP contribution in [0.1, 0.15) is 6.92 Å². The molecule has 0 bridgehead atoms. The van der Waals surface area contributed by atoms with Crippen LogP contribution in [0.25, 0.3) is 0 Å². The zero-order valence-corrected chi connectivity index (χ0v) is 8.87. The van der Waals surface area contributed by atoms with Crippen LogP contribution in [0, 0.1) is 5.82 Å². The Labute approximate surface area is 88.6 Å². The quantitative estimate of drug-likeness (QED) is 0.332. The number of hydrogen-bond donors (Lipinski definition) is 2. The van der Waals surface area contributed by atoms with Crippen molar-refractivity contribution in [3.63, 3.8) is 0 Å². The van der Waals surface area contributed by atoms with Crippen LogP contribution in [0.4, 0.5) is 10.1 Å². The summed E-state index contributed by atoms with van der Waals surface area (Å²) in [5.41, 5.74) is 3.34. The molecule has 15 heavy (non-hydrogen) atoms. The Hall–Kier alpha value is -1.62. The van der Waals surface area contributed by atoms with E-state index in [0.717, 1.165) is 5.69 Å². The second kappa shape index (κ2) is 5.31. The molecule has 0 aromatic heterocycles. The molecule has 5 heteroatoms. The number of nitrogens with one attached hydrogen (secondary N) is 1. The van der Waals surface area contributed by atoms with Gasteiger partial charge in [0.05, 0.1) is 0 Å². The van der Waals surface area contributed by atoms with E-state index in [1.807, 2.05) is 11.8 Å². The van der Waals surface area contributed by atoms with Crippen molar-refractivity contribution in [1.82, 2.24) is 5.43 Å². The number of rotatable bonds is 2. The summed E-state index contributed by atoms with van der Waals surface area (Å²) in [5, 5.41) is 0. The summed E-state index contributed by atoms with van der Waals surface area (Å²) in [4.78, 5) is 5.84. The molecule has 0 saturated heterocycles. The average molecular weight is 210 g/mol. The van der Waals surface area contributed by atoms with E-state index in [2.05, 4.69) is 10.4 Å². The van der Waals surface area contributed by atoms with Gasteiger partial charge in [-0.1, -0.05) is 0 Å². The number of guanidine groups is 1. The van der Waals surface area contributed by atoms with Gasteiger partial charge in [0.15, 0.2) is 0 Å². The SMILES string of the molecule is CCN(C(=NC)NN)c1ccc(F)cc1. The summed E-state index contributed by atoms with van der Waals surface area (Å²) < 4.78 is 12.7. The molecule has 4 nitrogen and oxygen atoms in total. The molecular weight excluding hydrogens is 195 g/mol. The van der Waals surface area contributed by atoms with Crippen LogP contribution in [0.5, 0.6) is 0 Å². The molecule has 0 amide bonds. The third-order valence-corrected chi connectivity index (χ3v) is 2.05. The van der Waals surface area contributed by atoms with Gasteiger partial charge in [-0.3, -0.25) is 10.4 Å². The van der Waals surface area contributed by atoms with Crippen molar-refractivity contribution in [3.05, 3.63) is 30.1 Å². The van der Waals surface area contributed by atoms with Crippen molar-refractivity contribution in [3.8, 4) is 0 Å². The summed E-state index contributed by atoms with van der Waals surface area (Å²) in [6.45, 7) is 2.66. The number of benzene rings is 1. The first-order valence-electron chi connectivity index (χ1n) is 4.69. The number of halogens is 1. The van der Waals surface area contributed by atoms with E-state index >= 15 is 0 Å². The standard InChI is InChI=1S/C10H15FN4/c1-3-15(10(13-2)14-12)9-6-4-8(11)5-7-9/h4-7H,3,12H2,1-2H3,(H,13,14). The highest BCUT2D eigenvalue weighted by Crippen LogP contribution is 2.14. The van der Waals surface area contributed by atoms with Crippen molar-refractivity contribution in [2.24, 2.45) is 10.8 Å². The van der Waals surface area contributed by atoms with Gasteiger partial charge in [-0.05, 0) is 31.2 Å². The lowest BCUT2D eigenvalue weighted by Gasteiger charge is -2.23. The fourth-order valence-corrected chi connectivity index (χ4v) is 1.34. The minimum absolute atomic E-state index is 0.259. The van der Waals surface area contributed by atoms with Crippen molar-refractivity contribution in [2.45, 2.75) is 6.92 Å². The van der Waals surface area contributed by atoms with E-state index < -0.39 is 0 Å². The van der Waals surface area contributed by atoms with Gasteiger partial charge in [-0.25, -0.2) is 10.2 Å². The predicted molar refractivity (Wildman–Crippen MR) is 60.1 cm³/mol. The summed E-state index contributed by atoms with van der Waals surface area (Å²) in [6, 6.07) is 6.17. The van der Waals surface area contributed by atoms with Gasteiger partial charge in [-0.2, -0.15) is 0 Å². The second-order valence-electron chi connectivity index (χ2n) is 2.91. The smallest absolute Gasteiger partial charge is 0.212 e. The first-order chi connectivity index (χ1) is 7.22. The monoisotopic (exact) mass is 210 g/mol. The highest BCUT2D eigenvalue weighted by molar-refractivity contribution is 5.95. The van der Waals surface area contributed by atoms with Gasteiger partial charge in [0.2, 0.25) is 5.96 Å². The molecule has 0 aliphatic rings. The van der Waals surface area contributed by atoms with Gasteiger partial charge < -0.3 is 4.90 Å². The number of nitrogens with zero attached hydrogens (tertiary/aromatic N) is 2. The van der Waals surface area contributed by atoms with Gasteiger partial charge >= 0.3 is 0 Å². The van der Waals surface area contributed by atoms with Crippen molar-refractivity contribution in [1.29, 1.82) is 0 Å². The van der Waals surface area contributed by atoms with Gasteiger partial charge in [-0.15, -0.1) is 0 Å². The Morgan fingerprint density at radius 1 is 1.47 bits per heavy atom. The molecule has 1 aromatic carbocycles. The fourth-order valence-electron chi connectivity index (χ4n) is 1.34. The molecule has 1 rings (SSSR count). The minimum atomic E-state index is -0.259. The molecule has 0 radical (unpaired) electrons. The average Bonchev–Trinajstić information content (AvgIpc) is 2.27. The van der Waals surface area contributed by atoms with Gasteiger partial charge in [0.1, 0.15) is 5.82 Å². The predicted octanol–water partition coefficient (Wildman–Crippen LogP) is 1.10. The van der Waals surface area contributed by atoms with E-state index in [1.165, 1.54) is 12.1 Å². The molecule has 82 valence electrons. The Morgan fingerprint density at radius 3 is 2.47 bits per heavy atom. The first-order valence-corrected chi connectivity index (χ1v) is 4.69. The topological polar surface area (TPSA) is 53.6 Å². The molecule has 0 unspecified atom stereocenters. The van der Waals surface area contributed by atoms with E-state index in [9.17, 15) is 4.39 Å². The number of hydrazine groups is 1. The first kappa shape index (κ1) is 11.5. The minimum Gasteiger partial charge on any atom is -0.312 e. The summed E-state index contributed by atoms with van der Waals surface area (Å²) in [6.07, 6.45) is 0. The Morgan fingerprint density at radius 2 is 2.07 bits per heavy atom. The summed E-state index contributed by atoms with van der Waals surface area (Å²) in [7, 11) is 1.64. The molecular formula is C10H15FN4. The molecule has 0 aliphatic carbocycles. The Kier molecular flexibility index (Phi) is 4.05. The van der Waals surface area contributed by atoms with Crippen LogP contribution >= 0.6 is 0 Å². The van der Waals surface area contributed by atoms with E-state index in [0.29, 0.717) is 12.5 Å². The number of hydrogen-bond acceptors (Lipinski definition) is 2. The van der Waals surface area contributed by atoms with Crippen LogP contribution in [0.3, 0.4) is 0 Å². The van der Waals surface area contributed by atoms with Crippen molar-refractivity contribution >= 4 is 11.6 Å². The van der Waals surface area contributed by atoms with Crippen LogP contribution in [0.2, 0.25) is 0 Å². The zero-order chi connectivity index (χ0) is 11.3. The molecule has 0 atom stereocenters. The third-order valence-electron chi connectivity index (χ3n) is 2.05. The highest BCUT2D eigenvalue weighted by atomic mass is 19.1. The van der Waals surface area contributed by atoms with Gasteiger partial charge in [0.25, 0.3) is 0 Å². The lowest BCUT2D eigenvalue weighted by molar-refractivity contribution is 0.628. The van der Waals surface area contributed by atoms with Crippen LogP contribution in [0.15, 0.2) is 29.3 Å². The van der Waals surface area contributed by atoms with E-state index in [1.54, 1.807) is 19.2 Å². The molecule has 0 fully saturated rings. The van der Waals surface area contributed by atoms with E-state index in [-0.39, 0.29) is 5.82 Å². The summed E-state index contributed by atoms with van der Waals surface area (Å²) in [5.74, 6) is 5.62. The largest absolute Gasteiger partial charge is 0.312 e. The zero-order valence-electron chi connectivity index (χ0n) is 8.87. The number of anilines is 1. The second-order valence-corrected chi connectivity index (χ2v) is 2.91. The fraction of sp³-hybridized carbons (Fsp3) is 0.300. The normalized spacial score (nSPS) is 11.3. The molecule has 0 heterocycles. The Bertz CT molecular complexity index is 334. The summed E-state index contributed by atoms with van der Waals surface area (Å²) >= 11 is 0.